The predicted octanol–water partition coefficient (Wildman–Crippen LogP) is 3.40. The molecule has 3 rings (SSSR count). The van der Waals surface area contributed by atoms with Crippen molar-refractivity contribution in [1.29, 1.82) is 0 Å². The molecule has 5 nitrogen and oxygen atoms in total. The minimum Gasteiger partial charge on any atom is -0.301 e. The molecule has 0 radical (unpaired) electrons. The molecule has 0 aromatic carbocycles. The molecule has 2 aromatic heterocycles. The molecule has 0 spiro atoms. The lowest BCUT2D eigenvalue weighted by Gasteiger charge is -2.35. The third-order valence-electron chi connectivity index (χ3n) is 4.02. The molecular weight excluding hydrogens is 353 g/mol. The molecule has 0 bridgehead atoms. The zero-order chi connectivity index (χ0) is 16.6. The molecule has 1 aliphatic heterocycles. The summed E-state index contributed by atoms with van der Waals surface area (Å²) in [6.07, 6.45) is 1.76. The lowest BCUT2D eigenvalue weighted by atomic mass is 10.2. The first-order chi connectivity index (χ1) is 10.9. The van der Waals surface area contributed by atoms with Crippen molar-refractivity contribution >= 4 is 41.1 Å². The van der Waals surface area contributed by atoms with Crippen LogP contribution in [0.1, 0.15) is 13.8 Å². The van der Waals surface area contributed by atoms with Crippen LogP contribution in [0.4, 0.5) is 0 Å². The van der Waals surface area contributed by atoms with E-state index in [0.29, 0.717) is 33.1 Å². The highest BCUT2D eigenvalue weighted by Crippen LogP contribution is 2.21. The summed E-state index contributed by atoms with van der Waals surface area (Å²) in [5.74, 6) is 0.709. The number of rotatable bonds is 4. The molecule has 0 aliphatic carbocycles. The Kier molecular flexibility index (Phi) is 5.28. The number of piperazine rings is 1. The molecule has 3 heterocycles. The van der Waals surface area contributed by atoms with Gasteiger partial charge < -0.3 is 4.90 Å². The van der Waals surface area contributed by atoms with Gasteiger partial charge in [-0.1, -0.05) is 37.0 Å². The summed E-state index contributed by atoms with van der Waals surface area (Å²) in [5.41, 5.74) is 0.652. The quantitative estimate of drug-likeness (QED) is 0.767. The second-order valence-electron chi connectivity index (χ2n) is 6.44. The Labute approximate surface area is 151 Å². The third-order valence-corrected chi connectivity index (χ3v) is 4.92. The minimum atomic E-state index is 0.518. The second kappa shape index (κ2) is 7.07. The number of hydrogen-bond acceptors (Lipinski definition) is 4. The van der Waals surface area contributed by atoms with Crippen molar-refractivity contribution in [2.45, 2.75) is 20.5 Å². The van der Waals surface area contributed by atoms with Gasteiger partial charge in [-0.3, -0.25) is 9.30 Å². The van der Waals surface area contributed by atoms with Gasteiger partial charge in [0.25, 0.3) is 0 Å². The first-order valence-corrected chi connectivity index (χ1v) is 8.99. The van der Waals surface area contributed by atoms with Crippen LogP contribution in [0, 0.1) is 10.7 Å². The van der Waals surface area contributed by atoms with Crippen LogP contribution in [0.3, 0.4) is 0 Å². The van der Waals surface area contributed by atoms with E-state index in [0.717, 1.165) is 32.7 Å². The van der Waals surface area contributed by atoms with Crippen LogP contribution < -0.4 is 0 Å². The number of halogens is 2. The number of aromatic nitrogens is 3. The van der Waals surface area contributed by atoms with Crippen LogP contribution >= 0.6 is 35.4 Å². The van der Waals surface area contributed by atoms with E-state index in [-0.39, 0.29) is 0 Å². The van der Waals surface area contributed by atoms with Gasteiger partial charge >= 0.3 is 0 Å². The fourth-order valence-electron chi connectivity index (χ4n) is 2.96. The van der Waals surface area contributed by atoms with Gasteiger partial charge in [-0.15, -0.1) is 5.10 Å². The maximum Gasteiger partial charge on any atom is 0.203 e. The third kappa shape index (κ3) is 3.88. The van der Waals surface area contributed by atoms with Crippen molar-refractivity contribution in [3.05, 3.63) is 27.1 Å². The van der Waals surface area contributed by atoms with Gasteiger partial charge in [0.15, 0.2) is 5.65 Å². The molecule has 0 saturated carbocycles. The molecule has 1 saturated heterocycles. The maximum absolute atomic E-state index is 6.21. The summed E-state index contributed by atoms with van der Waals surface area (Å²) in [6.45, 7) is 10.6. The summed E-state index contributed by atoms with van der Waals surface area (Å²) in [6, 6.07) is 1.69. The summed E-state index contributed by atoms with van der Waals surface area (Å²) >= 11 is 17.8. The summed E-state index contributed by atoms with van der Waals surface area (Å²) < 4.78 is 4.22. The Bertz CT molecular complexity index is 746. The van der Waals surface area contributed by atoms with Crippen molar-refractivity contribution in [2.24, 2.45) is 5.92 Å². The minimum absolute atomic E-state index is 0.518. The van der Waals surface area contributed by atoms with Gasteiger partial charge in [0.2, 0.25) is 4.77 Å². The van der Waals surface area contributed by atoms with Crippen LogP contribution in [-0.4, -0.2) is 56.7 Å². The van der Waals surface area contributed by atoms with Crippen molar-refractivity contribution < 1.29 is 0 Å². The molecule has 1 aliphatic rings. The van der Waals surface area contributed by atoms with Crippen LogP contribution in [-0.2, 0) is 6.67 Å². The topological polar surface area (TPSA) is 28.7 Å². The largest absolute Gasteiger partial charge is 0.301 e. The fraction of sp³-hybridized carbons (Fsp3) is 0.600. The van der Waals surface area contributed by atoms with E-state index in [4.69, 9.17) is 35.4 Å². The monoisotopic (exact) mass is 373 g/mol. The maximum atomic E-state index is 6.21. The van der Waals surface area contributed by atoms with Crippen molar-refractivity contribution in [3.8, 4) is 0 Å². The van der Waals surface area contributed by atoms with Crippen LogP contribution in [0.25, 0.3) is 5.65 Å². The summed E-state index contributed by atoms with van der Waals surface area (Å²) in [4.78, 5) is 4.88. The average Bonchev–Trinajstić information content (AvgIpc) is 2.78. The molecule has 0 N–H and O–H groups in total. The van der Waals surface area contributed by atoms with Crippen molar-refractivity contribution in [3.63, 3.8) is 0 Å². The Morgan fingerprint density at radius 1 is 1.17 bits per heavy atom. The van der Waals surface area contributed by atoms with E-state index in [1.165, 1.54) is 0 Å². The van der Waals surface area contributed by atoms with Crippen LogP contribution in [0.15, 0.2) is 12.3 Å². The Morgan fingerprint density at radius 3 is 2.48 bits per heavy atom. The first-order valence-electron chi connectivity index (χ1n) is 7.83. The molecule has 126 valence electrons. The van der Waals surface area contributed by atoms with Gasteiger partial charge in [0.1, 0.15) is 0 Å². The van der Waals surface area contributed by atoms with Gasteiger partial charge in [-0.25, -0.2) is 4.68 Å². The molecule has 2 aromatic rings. The first kappa shape index (κ1) is 17.2. The molecule has 8 heteroatoms. The van der Waals surface area contributed by atoms with Gasteiger partial charge in [-0.05, 0) is 24.2 Å². The molecular formula is C15H21Cl2N5S. The van der Waals surface area contributed by atoms with Gasteiger partial charge in [0.05, 0.1) is 16.7 Å². The zero-order valence-corrected chi connectivity index (χ0v) is 15.7. The molecule has 0 amide bonds. The Hall–Kier alpha value is -0.660. The standard InChI is InChI=1S/C15H21Cl2N5S/c1-11(2)8-19-3-5-20(6-4-19)10-22-15(23)21-9-12(16)7-13(17)14(21)18-22/h7,9,11H,3-6,8,10H2,1-2H3. The lowest BCUT2D eigenvalue weighted by molar-refractivity contribution is 0.0952. The normalized spacial score (nSPS) is 17.4. The fourth-order valence-corrected chi connectivity index (χ4v) is 3.70. The number of pyridine rings is 1. The molecule has 23 heavy (non-hydrogen) atoms. The molecule has 0 unspecified atom stereocenters. The Balaban J connectivity index is 1.72. The van der Waals surface area contributed by atoms with E-state index in [9.17, 15) is 0 Å². The predicted molar refractivity (Wildman–Crippen MR) is 96.9 cm³/mol. The van der Waals surface area contributed by atoms with Crippen molar-refractivity contribution in [1.82, 2.24) is 24.0 Å². The Morgan fingerprint density at radius 2 is 1.83 bits per heavy atom. The van der Waals surface area contributed by atoms with E-state index in [2.05, 4.69) is 28.7 Å². The number of hydrogen-bond donors (Lipinski definition) is 0. The van der Waals surface area contributed by atoms with Crippen LogP contribution in [0.5, 0.6) is 0 Å². The summed E-state index contributed by atoms with van der Waals surface area (Å²) in [5, 5.41) is 5.62. The SMILES string of the molecule is CC(C)CN1CCN(Cn2nc3c(Cl)cc(Cl)cn3c2=S)CC1. The second-order valence-corrected chi connectivity index (χ2v) is 7.64. The summed E-state index contributed by atoms with van der Waals surface area (Å²) in [7, 11) is 0. The molecule has 0 atom stereocenters. The van der Waals surface area contributed by atoms with Crippen LogP contribution in [0.2, 0.25) is 10.0 Å². The van der Waals surface area contributed by atoms with Gasteiger partial charge in [0, 0.05) is 38.9 Å². The van der Waals surface area contributed by atoms with E-state index < -0.39 is 0 Å². The molecule has 1 fully saturated rings. The smallest absolute Gasteiger partial charge is 0.203 e. The number of fused-ring (bicyclic) bond motifs is 1. The zero-order valence-electron chi connectivity index (χ0n) is 13.4. The van der Waals surface area contributed by atoms with E-state index in [1.54, 1.807) is 16.7 Å². The van der Waals surface area contributed by atoms with E-state index >= 15 is 0 Å². The van der Waals surface area contributed by atoms with Gasteiger partial charge in [-0.2, -0.15) is 0 Å². The number of nitrogens with zero attached hydrogens (tertiary/aromatic N) is 5. The highest BCUT2D eigenvalue weighted by Gasteiger charge is 2.19. The van der Waals surface area contributed by atoms with E-state index in [1.807, 2.05) is 4.68 Å². The highest BCUT2D eigenvalue weighted by molar-refractivity contribution is 7.71. The van der Waals surface area contributed by atoms with Crippen molar-refractivity contribution in [2.75, 3.05) is 32.7 Å². The highest BCUT2D eigenvalue weighted by atomic mass is 35.5. The average molecular weight is 374 g/mol. The lowest BCUT2D eigenvalue weighted by Crippen LogP contribution is -2.47.